The van der Waals surface area contributed by atoms with Crippen LogP contribution in [0.2, 0.25) is 0 Å². The molecule has 0 radical (unpaired) electrons. The van der Waals surface area contributed by atoms with E-state index in [-0.39, 0.29) is 6.04 Å². The molecular weight excluding hydrogens is 330 g/mol. The highest BCUT2D eigenvalue weighted by molar-refractivity contribution is 9.10. The van der Waals surface area contributed by atoms with Gasteiger partial charge >= 0.3 is 0 Å². The molecule has 0 bridgehead atoms. The zero-order valence-corrected chi connectivity index (χ0v) is 14.3. The molecule has 5 heteroatoms. The molecule has 2 rings (SSSR count). The van der Waals surface area contributed by atoms with Crippen LogP contribution in [0, 0.1) is 0 Å². The maximum Gasteiger partial charge on any atom is 0.119 e. The minimum Gasteiger partial charge on any atom is -0.497 e. The molecule has 0 aliphatic rings. The highest BCUT2D eigenvalue weighted by Gasteiger charge is 2.14. The minimum atomic E-state index is -0.116. The van der Waals surface area contributed by atoms with Gasteiger partial charge in [-0.2, -0.15) is 5.10 Å². The molecule has 0 amide bonds. The van der Waals surface area contributed by atoms with Gasteiger partial charge in [-0.05, 0) is 43.2 Å². The number of halogens is 1. The van der Waals surface area contributed by atoms with Crippen LogP contribution in [0.3, 0.4) is 0 Å². The molecule has 2 atom stereocenters. The zero-order chi connectivity index (χ0) is 15.4. The molecule has 2 unspecified atom stereocenters. The van der Waals surface area contributed by atoms with Crippen molar-refractivity contribution in [3.8, 4) is 5.75 Å². The molecule has 0 fully saturated rings. The van der Waals surface area contributed by atoms with Crippen LogP contribution in [-0.4, -0.2) is 16.9 Å². The first-order chi connectivity index (χ1) is 10.0. The van der Waals surface area contributed by atoms with Gasteiger partial charge in [-0.15, -0.1) is 0 Å². The van der Waals surface area contributed by atoms with E-state index in [1.165, 1.54) is 0 Å². The first-order valence-corrected chi connectivity index (χ1v) is 7.97. The van der Waals surface area contributed by atoms with Gasteiger partial charge < -0.3 is 10.5 Å². The number of nitrogens with two attached hydrogens (primary N) is 1. The molecule has 1 aromatic heterocycles. The van der Waals surface area contributed by atoms with E-state index in [4.69, 9.17) is 10.5 Å². The summed E-state index contributed by atoms with van der Waals surface area (Å²) in [6, 6.07) is 8.19. The first kappa shape index (κ1) is 16.0. The summed E-state index contributed by atoms with van der Waals surface area (Å²) >= 11 is 3.55. The van der Waals surface area contributed by atoms with Gasteiger partial charge in [0.25, 0.3) is 0 Å². The molecule has 0 saturated heterocycles. The van der Waals surface area contributed by atoms with Crippen LogP contribution in [0.5, 0.6) is 5.75 Å². The highest BCUT2D eigenvalue weighted by atomic mass is 79.9. The van der Waals surface area contributed by atoms with Crippen molar-refractivity contribution in [2.45, 2.75) is 38.8 Å². The Bertz CT molecular complexity index is 597. The summed E-state index contributed by atoms with van der Waals surface area (Å²) in [5.41, 5.74) is 8.38. The van der Waals surface area contributed by atoms with E-state index >= 15 is 0 Å². The number of aromatic nitrogens is 2. The summed E-state index contributed by atoms with van der Waals surface area (Å²) in [6.45, 7) is 4.32. The lowest BCUT2D eigenvalue weighted by Gasteiger charge is -2.14. The van der Waals surface area contributed by atoms with Gasteiger partial charge in [-0.1, -0.05) is 22.9 Å². The fraction of sp³-hybridized carbons (Fsp3) is 0.438. The Morgan fingerprint density at radius 2 is 2.14 bits per heavy atom. The maximum absolute atomic E-state index is 6.33. The second kappa shape index (κ2) is 7.09. The third-order valence-corrected chi connectivity index (χ3v) is 4.46. The van der Waals surface area contributed by atoms with Crippen LogP contribution < -0.4 is 10.5 Å². The van der Waals surface area contributed by atoms with Gasteiger partial charge in [-0.25, -0.2) is 0 Å². The Balaban J connectivity index is 2.14. The predicted octanol–water partition coefficient (Wildman–Crippen LogP) is 3.87. The normalized spacial score (nSPS) is 14.0. The first-order valence-electron chi connectivity index (χ1n) is 7.18. The van der Waals surface area contributed by atoms with Gasteiger partial charge in [-0.3, -0.25) is 4.68 Å². The minimum absolute atomic E-state index is 0.116. The smallest absolute Gasteiger partial charge is 0.119 e. The number of hydrogen-bond acceptors (Lipinski definition) is 3. The van der Waals surface area contributed by atoms with Gasteiger partial charge in [0.15, 0.2) is 0 Å². The maximum atomic E-state index is 6.33. The van der Waals surface area contributed by atoms with E-state index in [0.29, 0.717) is 12.5 Å². The SMILES string of the molecule is CCC(C)n1ccc(CC(N)c2cc(OC)ccc2Br)n1. The second-order valence-corrected chi connectivity index (χ2v) is 6.10. The summed E-state index contributed by atoms with van der Waals surface area (Å²) in [6.07, 6.45) is 3.79. The molecule has 1 heterocycles. The Morgan fingerprint density at radius 1 is 1.38 bits per heavy atom. The standard InChI is InChI=1S/C16H22BrN3O/c1-4-11(2)20-8-7-12(19-20)9-16(18)14-10-13(21-3)5-6-15(14)17/h5-8,10-11,16H,4,9,18H2,1-3H3. The van der Waals surface area contributed by atoms with E-state index in [9.17, 15) is 0 Å². The topological polar surface area (TPSA) is 53.1 Å². The van der Waals surface area contributed by atoms with Gasteiger partial charge in [0.2, 0.25) is 0 Å². The molecule has 1 aromatic carbocycles. The Morgan fingerprint density at radius 3 is 2.81 bits per heavy atom. The van der Waals surface area contributed by atoms with Crippen LogP contribution in [-0.2, 0) is 6.42 Å². The molecule has 4 nitrogen and oxygen atoms in total. The van der Waals surface area contributed by atoms with Crippen molar-refractivity contribution in [1.29, 1.82) is 0 Å². The van der Waals surface area contributed by atoms with Crippen LogP contribution in [0.4, 0.5) is 0 Å². The van der Waals surface area contributed by atoms with Crippen LogP contribution in [0.15, 0.2) is 34.9 Å². The van der Waals surface area contributed by atoms with Gasteiger partial charge in [0.1, 0.15) is 5.75 Å². The molecule has 0 aliphatic heterocycles. The van der Waals surface area contributed by atoms with Crippen molar-refractivity contribution < 1.29 is 4.74 Å². The molecule has 2 N–H and O–H groups in total. The molecule has 0 saturated carbocycles. The van der Waals surface area contributed by atoms with Crippen molar-refractivity contribution in [3.63, 3.8) is 0 Å². The predicted molar refractivity (Wildman–Crippen MR) is 88.6 cm³/mol. The van der Waals surface area contributed by atoms with Crippen molar-refractivity contribution in [2.75, 3.05) is 7.11 Å². The third-order valence-electron chi connectivity index (χ3n) is 3.74. The van der Waals surface area contributed by atoms with Gasteiger partial charge in [0.05, 0.1) is 12.8 Å². The van der Waals surface area contributed by atoms with Gasteiger partial charge in [0, 0.05) is 29.2 Å². The lowest BCUT2D eigenvalue weighted by molar-refractivity contribution is 0.413. The van der Waals surface area contributed by atoms with Crippen LogP contribution in [0.25, 0.3) is 0 Å². The van der Waals surface area contributed by atoms with E-state index in [1.807, 2.05) is 35.1 Å². The molecule has 21 heavy (non-hydrogen) atoms. The van der Waals surface area contributed by atoms with Crippen LogP contribution >= 0.6 is 15.9 Å². The molecule has 114 valence electrons. The molecule has 0 spiro atoms. The summed E-state index contributed by atoms with van der Waals surface area (Å²) in [7, 11) is 1.66. The monoisotopic (exact) mass is 351 g/mol. The lowest BCUT2D eigenvalue weighted by Crippen LogP contribution is -2.15. The largest absolute Gasteiger partial charge is 0.497 e. The number of hydrogen-bond donors (Lipinski definition) is 1. The Hall–Kier alpha value is -1.33. The number of benzene rings is 1. The molecule has 0 aliphatic carbocycles. The average molecular weight is 352 g/mol. The fourth-order valence-electron chi connectivity index (χ4n) is 2.19. The van der Waals surface area contributed by atoms with E-state index in [1.54, 1.807) is 7.11 Å². The Kier molecular flexibility index (Phi) is 5.42. The van der Waals surface area contributed by atoms with Crippen LogP contribution in [0.1, 0.15) is 43.6 Å². The highest BCUT2D eigenvalue weighted by Crippen LogP contribution is 2.28. The second-order valence-electron chi connectivity index (χ2n) is 5.24. The number of ether oxygens (including phenoxy) is 1. The number of rotatable bonds is 6. The zero-order valence-electron chi connectivity index (χ0n) is 12.7. The van der Waals surface area contributed by atoms with E-state index in [0.717, 1.165) is 27.9 Å². The average Bonchev–Trinajstić information content (AvgIpc) is 2.95. The third kappa shape index (κ3) is 3.86. The van der Waals surface area contributed by atoms with E-state index < -0.39 is 0 Å². The Labute approximate surface area is 134 Å². The fourth-order valence-corrected chi connectivity index (χ4v) is 2.73. The molecular formula is C16H22BrN3O. The number of nitrogens with zero attached hydrogens (tertiary/aromatic N) is 2. The van der Waals surface area contributed by atoms with Crippen molar-refractivity contribution in [2.24, 2.45) is 5.73 Å². The van der Waals surface area contributed by atoms with Crippen molar-refractivity contribution in [1.82, 2.24) is 9.78 Å². The summed E-state index contributed by atoms with van der Waals surface area (Å²) in [5.74, 6) is 0.814. The van der Waals surface area contributed by atoms with E-state index in [2.05, 4.69) is 34.9 Å². The number of methoxy groups -OCH3 is 1. The summed E-state index contributed by atoms with van der Waals surface area (Å²) < 4.78 is 8.26. The summed E-state index contributed by atoms with van der Waals surface area (Å²) in [5, 5.41) is 4.61. The van der Waals surface area contributed by atoms with Crippen molar-refractivity contribution in [3.05, 3.63) is 46.2 Å². The summed E-state index contributed by atoms with van der Waals surface area (Å²) in [4.78, 5) is 0. The lowest BCUT2D eigenvalue weighted by atomic mass is 10.0. The van der Waals surface area contributed by atoms with Crippen molar-refractivity contribution >= 4 is 15.9 Å². The quantitative estimate of drug-likeness (QED) is 0.859. The molecule has 2 aromatic rings.